The van der Waals surface area contributed by atoms with Crippen LogP contribution in [0.5, 0.6) is 0 Å². The van der Waals surface area contributed by atoms with E-state index in [9.17, 15) is 18.0 Å². The molecule has 0 aliphatic heterocycles. The summed E-state index contributed by atoms with van der Waals surface area (Å²) in [6.07, 6.45) is -4.53. The number of pyridine rings is 1. The van der Waals surface area contributed by atoms with Gasteiger partial charge in [-0.1, -0.05) is 6.92 Å². The molecule has 0 bridgehead atoms. The number of halogens is 3. The van der Waals surface area contributed by atoms with Crippen LogP contribution in [0.1, 0.15) is 42.7 Å². The molecule has 0 spiro atoms. The number of amides is 1. The maximum Gasteiger partial charge on any atom is 0.389 e. The van der Waals surface area contributed by atoms with Crippen LogP contribution in [-0.4, -0.2) is 30.2 Å². The third-order valence-corrected chi connectivity index (χ3v) is 2.78. The van der Waals surface area contributed by atoms with E-state index < -0.39 is 12.6 Å². The molecule has 1 rings (SSSR count). The third-order valence-electron chi connectivity index (χ3n) is 2.78. The number of alkyl halides is 3. The first-order valence-corrected chi connectivity index (χ1v) is 6.95. The van der Waals surface area contributed by atoms with Crippen molar-refractivity contribution in [3.8, 4) is 0 Å². The number of rotatable bonds is 7. The van der Waals surface area contributed by atoms with Crippen molar-refractivity contribution >= 4 is 11.7 Å². The highest BCUT2D eigenvalue weighted by Gasteiger charge is 2.26. The average Bonchev–Trinajstić information content (AvgIpc) is 2.42. The molecule has 0 aliphatic carbocycles. The Labute approximate surface area is 122 Å². The van der Waals surface area contributed by atoms with Gasteiger partial charge in [0.15, 0.2) is 0 Å². The lowest BCUT2D eigenvalue weighted by Gasteiger charge is -2.10. The zero-order valence-electron chi connectivity index (χ0n) is 12.2. The van der Waals surface area contributed by atoms with Gasteiger partial charge in [-0.05, 0) is 31.9 Å². The van der Waals surface area contributed by atoms with Gasteiger partial charge < -0.3 is 10.6 Å². The molecule has 0 unspecified atom stereocenters. The van der Waals surface area contributed by atoms with Gasteiger partial charge in [-0.2, -0.15) is 13.2 Å². The highest BCUT2D eigenvalue weighted by molar-refractivity contribution is 5.95. The Bertz CT molecular complexity index is 475. The molecule has 1 aromatic rings. The van der Waals surface area contributed by atoms with Crippen LogP contribution in [0.4, 0.5) is 19.0 Å². The minimum atomic E-state index is -4.19. The van der Waals surface area contributed by atoms with Crippen LogP contribution in [0, 0.1) is 0 Å². The van der Waals surface area contributed by atoms with Crippen LogP contribution < -0.4 is 10.6 Å². The van der Waals surface area contributed by atoms with E-state index in [1.807, 2.05) is 13.8 Å². The second-order valence-electron chi connectivity index (χ2n) is 4.59. The van der Waals surface area contributed by atoms with E-state index >= 15 is 0 Å². The van der Waals surface area contributed by atoms with Gasteiger partial charge in [-0.3, -0.25) is 4.79 Å². The molecule has 4 nitrogen and oxygen atoms in total. The molecule has 1 aromatic heterocycles. The number of nitrogens with zero attached hydrogens (tertiary/aromatic N) is 1. The van der Waals surface area contributed by atoms with Crippen molar-refractivity contribution in [1.29, 1.82) is 0 Å². The second-order valence-corrected chi connectivity index (χ2v) is 4.59. The number of carbonyl (C=O) groups excluding carboxylic acids is 1. The fourth-order valence-electron chi connectivity index (χ4n) is 1.76. The first-order valence-electron chi connectivity index (χ1n) is 6.95. The molecule has 2 N–H and O–H groups in total. The van der Waals surface area contributed by atoms with Crippen molar-refractivity contribution in [3.63, 3.8) is 0 Å². The Balaban J connectivity index is 2.62. The molecule has 0 saturated heterocycles. The monoisotopic (exact) mass is 303 g/mol. The Hall–Kier alpha value is -1.79. The number of nitrogens with one attached hydrogen (secondary N) is 2. The van der Waals surface area contributed by atoms with E-state index in [-0.39, 0.29) is 18.9 Å². The number of anilines is 1. The number of aryl methyl sites for hydroxylation is 1. The van der Waals surface area contributed by atoms with Crippen LogP contribution in [0.15, 0.2) is 12.1 Å². The summed E-state index contributed by atoms with van der Waals surface area (Å²) >= 11 is 0. The summed E-state index contributed by atoms with van der Waals surface area (Å²) in [5, 5.41) is 5.52. The minimum absolute atomic E-state index is 0.00133. The lowest BCUT2D eigenvalue weighted by atomic mass is 10.1. The van der Waals surface area contributed by atoms with Gasteiger partial charge in [0.25, 0.3) is 5.91 Å². The standard InChI is InChI=1S/C14H20F3N3O/c1-3-11-8-10(9-12(20-11)18-4-2)13(21)19-7-5-6-14(15,16)17/h8-9H,3-7H2,1-2H3,(H,18,20)(H,19,21). The summed E-state index contributed by atoms with van der Waals surface area (Å²) in [6, 6.07) is 3.25. The lowest BCUT2D eigenvalue weighted by molar-refractivity contribution is -0.135. The van der Waals surface area contributed by atoms with Gasteiger partial charge in [-0.25, -0.2) is 4.98 Å². The summed E-state index contributed by atoms with van der Waals surface area (Å²) in [5.41, 5.74) is 1.17. The fourth-order valence-corrected chi connectivity index (χ4v) is 1.76. The number of hydrogen-bond donors (Lipinski definition) is 2. The van der Waals surface area contributed by atoms with Crippen LogP contribution in [0.3, 0.4) is 0 Å². The summed E-state index contributed by atoms with van der Waals surface area (Å²) in [6.45, 7) is 4.51. The van der Waals surface area contributed by atoms with Crippen molar-refractivity contribution in [2.24, 2.45) is 0 Å². The summed E-state index contributed by atoms with van der Waals surface area (Å²) < 4.78 is 36.0. The molecule has 0 fully saturated rings. The van der Waals surface area contributed by atoms with E-state index in [4.69, 9.17) is 0 Å². The SMILES string of the molecule is CCNc1cc(C(=O)NCCCC(F)(F)F)cc(CC)n1. The van der Waals surface area contributed by atoms with E-state index in [0.29, 0.717) is 24.3 Å². The molecule has 7 heteroatoms. The van der Waals surface area contributed by atoms with Crippen LogP contribution >= 0.6 is 0 Å². The number of aromatic nitrogens is 1. The molecule has 0 atom stereocenters. The predicted molar refractivity (Wildman–Crippen MR) is 75.4 cm³/mol. The Morgan fingerprint density at radius 2 is 2.00 bits per heavy atom. The lowest BCUT2D eigenvalue weighted by Crippen LogP contribution is -2.26. The molecule has 0 radical (unpaired) electrons. The van der Waals surface area contributed by atoms with Crippen LogP contribution in [0.25, 0.3) is 0 Å². The summed E-state index contributed by atoms with van der Waals surface area (Å²) in [4.78, 5) is 16.3. The average molecular weight is 303 g/mol. The van der Waals surface area contributed by atoms with E-state index in [1.165, 1.54) is 0 Å². The molecule has 1 heterocycles. The molecule has 118 valence electrons. The Kier molecular flexibility index (Phi) is 6.45. The quantitative estimate of drug-likeness (QED) is 0.761. The van der Waals surface area contributed by atoms with Crippen LogP contribution in [0.2, 0.25) is 0 Å². The molecule has 1 amide bonds. The van der Waals surface area contributed by atoms with Gasteiger partial charge in [0.05, 0.1) is 0 Å². The normalized spacial score (nSPS) is 11.3. The Morgan fingerprint density at radius 3 is 2.57 bits per heavy atom. The van der Waals surface area contributed by atoms with E-state index in [0.717, 1.165) is 5.69 Å². The highest BCUT2D eigenvalue weighted by Crippen LogP contribution is 2.20. The highest BCUT2D eigenvalue weighted by atomic mass is 19.4. The zero-order chi connectivity index (χ0) is 15.9. The van der Waals surface area contributed by atoms with Gasteiger partial charge in [-0.15, -0.1) is 0 Å². The molecular weight excluding hydrogens is 283 g/mol. The van der Waals surface area contributed by atoms with Crippen LogP contribution in [-0.2, 0) is 6.42 Å². The van der Waals surface area contributed by atoms with Crippen molar-refractivity contribution in [3.05, 3.63) is 23.4 Å². The molecular formula is C14H20F3N3O. The van der Waals surface area contributed by atoms with Gasteiger partial charge in [0.2, 0.25) is 0 Å². The van der Waals surface area contributed by atoms with E-state index in [1.54, 1.807) is 12.1 Å². The zero-order valence-corrected chi connectivity index (χ0v) is 12.2. The third kappa shape index (κ3) is 6.46. The molecule has 0 saturated carbocycles. The maximum absolute atomic E-state index is 12.0. The van der Waals surface area contributed by atoms with Crippen molar-refractivity contribution in [2.75, 3.05) is 18.4 Å². The first kappa shape index (κ1) is 17.3. The number of carbonyl (C=O) groups is 1. The van der Waals surface area contributed by atoms with Crippen molar-refractivity contribution in [2.45, 2.75) is 39.3 Å². The first-order chi connectivity index (χ1) is 9.85. The van der Waals surface area contributed by atoms with Gasteiger partial charge in [0.1, 0.15) is 5.82 Å². The Morgan fingerprint density at radius 1 is 1.29 bits per heavy atom. The minimum Gasteiger partial charge on any atom is -0.370 e. The van der Waals surface area contributed by atoms with Crippen molar-refractivity contribution < 1.29 is 18.0 Å². The predicted octanol–water partition coefficient (Wildman–Crippen LogP) is 3.15. The van der Waals surface area contributed by atoms with Crippen molar-refractivity contribution in [1.82, 2.24) is 10.3 Å². The number of hydrogen-bond acceptors (Lipinski definition) is 3. The maximum atomic E-state index is 12.0. The smallest absolute Gasteiger partial charge is 0.370 e. The summed E-state index contributed by atoms with van der Waals surface area (Å²) in [5.74, 6) is 0.214. The summed E-state index contributed by atoms with van der Waals surface area (Å²) in [7, 11) is 0. The van der Waals surface area contributed by atoms with Gasteiger partial charge >= 0.3 is 6.18 Å². The fraction of sp³-hybridized carbons (Fsp3) is 0.571. The largest absolute Gasteiger partial charge is 0.389 e. The van der Waals surface area contributed by atoms with Gasteiger partial charge in [0, 0.05) is 30.8 Å². The second kappa shape index (κ2) is 7.85. The topological polar surface area (TPSA) is 54.0 Å². The molecule has 0 aromatic carbocycles. The van der Waals surface area contributed by atoms with E-state index in [2.05, 4.69) is 15.6 Å². The molecule has 21 heavy (non-hydrogen) atoms. The molecule has 0 aliphatic rings.